The Morgan fingerprint density at radius 3 is 2.46 bits per heavy atom. The van der Waals surface area contributed by atoms with Gasteiger partial charge < -0.3 is 19.1 Å². The second kappa shape index (κ2) is 14.2. The van der Waals surface area contributed by atoms with Gasteiger partial charge in [-0.2, -0.15) is 0 Å². The highest BCUT2D eigenvalue weighted by atomic mass is 16.6. The molecule has 0 rings (SSSR count). The molecule has 9 heteroatoms. The summed E-state index contributed by atoms with van der Waals surface area (Å²) < 4.78 is 15.7. The van der Waals surface area contributed by atoms with Crippen molar-refractivity contribution in [2.24, 2.45) is 5.11 Å². The zero-order valence-electron chi connectivity index (χ0n) is 16.4. The Balaban J connectivity index is 4.24. The van der Waals surface area contributed by atoms with Crippen LogP contribution in [-0.4, -0.2) is 62.0 Å². The Kier molecular flexibility index (Phi) is 13.1. The molecule has 0 spiro atoms. The van der Waals surface area contributed by atoms with Gasteiger partial charge in [0.15, 0.2) is 0 Å². The maximum Gasteiger partial charge on any atom is 0.410 e. The van der Waals surface area contributed by atoms with Crippen molar-refractivity contribution in [2.45, 2.75) is 59.0 Å². The van der Waals surface area contributed by atoms with Crippen LogP contribution >= 0.6 is 0 Å². The minimum Gasteiger partial charge on any atom is -0.466 e. The van der Waals surface area contributed by atoms with E-state index in [2.05, 4.69) is 10.0 Å². The Hall–Kier alpha value is -1.99. The summed E-state index contributed by atoms with van der Waals surface area (Å²) in [7, 11) is 0. The van der Waals surface area contributed by atoms with E-state index in [1.54, 1.807) is 11.8 Å². The molecule has 0 fully saturated rings. The third-order valence-electron chi connectivity index (χ3n) is 3.17. The molecule has 0 aliphatic heterocycles. The Morgan fingerprint density at radius 2 is 1.85 bits per heavy atom. The second-order valence-electron chi connectivity index (χ2n) is 6.65. The highest BCUT2D eigenvalue weighted by molar-refractivity contribution is 5.69. The normalized spacial score (nSPS) is 10.8. The quantitative estimate of drug-likeness (QED) is 0.161. The van der Waals surface area contributed by atoms with Gasteiger partial charge in [-0.15, -0.1) is 0 Å². The van der Waals surface area contributed by atoms with E-state index in [9.17, 15) is 9.59 Å². The molecule has 0 heterocycles. The number of nitrogens with zero attached hydrogens (tertiary/aromatic N) is 4. The molecule has 0 aliphatic carbocycles. The number of amides is 1. The van der Waals surface area contributed by atoms with Crippen molar-refractivity contribution in [3.8, 4) is 0 Å². The van der Waals surface area contributed by atoms with E-state index in [0.29, 0.717) is 39.3 Å². The fourth-order valence-electron chi connectivity index (χ4n) is 2.03. The van der Waals surface area contributed by atoms with Crippen LogP contribution in [0.2, 0.25) is 0 Å². The molecular formula is C17H32N4O5. The first kappa shape index (κ1) is 24.0. The van der Waals surface area contributed by atoms with Gasteiger partial charge in [-0.3, -0.25) is 4.79 Å². The standard InChI is InChI=1S/C17H32N4O5/c1-5-25-15(22)9-7-6-8-11-21(16(23)26-17(2,3)4)12-14-24-13-10-19-20-18/h5-14H2,1-4H3. The Morgan fingerprint density at radius 1 is 1.12 bits per heavy atom. The average molecular weight is 372 g/mol. The van der Waals surface area contributed by atoms with Crippen LogP contribution in [0, 0.1) is 0 Å². The minimum atomic E-state index is -0.568. The van der Waals surface area contributed by atoms with Crippen molar-refractivity contribution in [3.05, 3.63) is 10.4 Å². The molecule has 150 valence electrons. The van der Waals surface area contributed by atoms with Gasteiger partial charge in [0.25, 0.3) is 0 Å². The second-order valence-corrected chi connectivity index (χ2v) is 6.65. The number of esters is 1. The van der Waals surface area contributed by atoms with Crippen molar-refractivity contribution in [1.82, 2.24) is 4.90 Å². The van der Waals surface area contributed by atoms with E-state index >= 15 is 0 Å². The molecule has 0 N–H and O–H groups in total. The highest BCUT2D eigenvalue weighted by Crippen LogP contribution is 2.11. The smallest absolute Gasteiger partial charge is 0.410 e. The Bertz CT molecular complexity index is 459. The molecule has 0 saturated heterocycles. The van der Waals surface area contributed by atoms with Crippen LogP contribution in [0.1, 0.15) is 53.4 Å². The topological polar surface area (TPSA) is 114 Å². The molecular weight excluding hydrogens is 340 g/mol. The zero-order chi connectivity index (χ0) is 19.8. The van der Waals surface area contributed by atoms with Gasteiger partial charge in [-0.05, 0) is 46.1 Å². The van der Waals surface area contributed by atoms with E-state index in [-0.39, 0.29) is 18.6 Å². The summed E-state index contributed by atoms with van der Waals surface area (Å²) in [6, 6.07) is 0. The van der Waals surface area contributed by atoms with Crippen LogP contribution in [0.25, 0.3) is 10.4 Å². The van der Waals surface area contributed by atoms with E-state index < -0.39 is 5.60 Å². The van der Waals surface area contributed by atoms with Crippen LogP contribution in [0.3, 0.4) is 0 Å². The van der Waals surface area contributed by atoms with Crippen LogP contribution in [0.15, 0.2) is 5.11 Å². The SMILES string of the molecule is CCOC(=O)CCCCCN(CCOCCN=[N+]=[N-])C(=O)OC(C)(C)C. The first-order valence-electron chi connectivity index (χ1n) is 9.02. The molecule has 0 aromatic heterocycles. The molecule has 0 aromatic carbocycles. The summed E-state index contributed by atoms with van der Waals surface area (Å²) in [5, 5.41) is 3.38. The number of ether oxygens (including phenoxy) is 3. The van der Waals surface area contributed by atoms with Gasteiger partial charge in [-0.1, -0.05) is 11.5 Å². The number of carbonyl (C=O) groups is 2. The fraction of sp³-hybridized carbons (Fsp3) is 0.882. The molecule has 0 radical (unpaired) electrons. The third-order valence-corrected chi connectivity index (χ3v) is 3.17. The summed E-state index contributed by atoms with van der Waals surface area (Å²) in [5.41, 5.74) is 7.63. The fourth-order valence-corrected chi connectivity index (χ4v) is 2.03. The first-order valence-corrected chi connectivity index (χ1v) is 9.02. The van der Waals surface area contributed by atoms with E-state index in [1.807, 2.05) is 20.8 Å². The minimum absolute atomic E-state index is 0.190. The lowest BCUT2D eigenvalue weighted by atomic mass is 10.2. The monoisotopic (exact) mass is 372 g/mol. The number of azide groups is 1. The summed E-state index contributed by atoms with van der Waals surface area (Å²) in [5.74, 6) is -0.190. The van der Waals surface area contributed by atoms with E-state index in [4.69, 9.17) is 19.7 Å². The molecule has 9 nitrogen and oxygen atoms in total. The summed E-state index contributed by atoms with van der Waals surface area (Å²) in [4.78, 5) is 27.8. The van der Waals surface area contributed by atoms with Crippen molar-refractivity contribution in [3.63, 3.8) is 0 Å². The van der Waals surface area contributed by atoms with Gasteiger partial charge in [-0.25, -0.2) is 4.79 Å². The maximum atomic E-state index is 12.3. The number of rotatable bonds is 13. The molecule has 0 atom stereocenters. The summed E-state index contributed by atoms with van der Waals surface area (Å²) >= 11 is 0. The average Bonchev–Trinajstić information content (AvgIpc) is 2.54. The van der Waals surface area contributed by atoms with Crippen molar-refractivity contribution in [1.29, 1.82) is 0 Å². The first-order chi connectivity index (χ1) is 12.3. The van der Waals surface area contributed by atoms with Gasteiger partial charge in [0.05, 0.1) is 19.8 Å². The third kappa shape index (κ3) is 14.4. The predicted octanol–water partition coefficient (Wildman–Crippen LogP) is 3.67. The predicted molar refractivity (Wildman–Crippen MR) is 97.7 cm³/mol. The van der Waals surface area contributed by atoms with Gasteiger partial charge in [0.2, 0.25) is 0 Å². The van der Waals surface area contributed by atoms with Crippen LogP contribution in [-0.2, 0) is 19.0 Å². The summed E-state index contributed by atoms with van der Waals surface area (Å²) in [6.45, 7) is 9.46. The number of hydrogen-bond donors (Lipinski definition) is 0. The van der Waals surface area contributed by atoms with Gasteiger partial charge >= 0.3 is 12.1 Å². The van der Waals surface area contributed by atoms with Gasteiger partial charge in [0, 0.05) is 31.0 Å². The molecule has 0 saturated carbocycles. The number of carbonyl (C=O) groups excluding carboxylic acids is 2. The summed E-state index contributed by atoms with van der Waals surface area (Å²) in [6.07, 6.45) is 2.31. The van der Waals surface area contributed by atoms with Crippen LogP contribution < -0.4 is 0 Å². The van der Waals surface area contributed by atoms with E-state index in [1.165, 1.54) is 0 Å². The molecule has 1 amide bonds. The van der Waals surface area contributed by atoms with Crippen molar-refractivity contribution < 1.29 is 23.8 Å². The largest absolute Gasteiger partial charge is 0.466 e. The molecule has 0 bridgehead atoms. The molecule has 0 unspecified atom stereocenters. The maximum absolute atomic E-state index is 12.3. The van der Waals surface area contributed by atoms with Gasteiger partial charge in [0.1, 0.15) is 5.60 Å². The highest BCUT2D eigenvalue weighted by Gasteiger charge is 2.21. The lowest BCUT2D eigenvalue weighted by Gasteiger charge is -2.27. The van der Waals surface area contributed by atoms with Crippen molar-refractivity contribution >= 4 is 12.1 Å². The lowest BCUT2D eigenvalue weighted by Crippen LogP contribution is -2.39. The lowest BCUT2D eigenvalue weighted by molar-refractivity contribution is -0.143. The molecule has 26 heavy (non-hydrogen) atoms. The Labute approximate surface area is 155 Å². The zero-order valence-corrected chi connectivity index (χ0v) is 16.4. The van der Waals surface area contributed by atoms with Crippen molar-refractivity contribution in [2.75, 3.05) is 39.5 Å². The van der Waals surface area contributed by atoms with Crippen LogP contribution in [0.5, 0.6) is 0 Å². The number of hydrogen-bond acceptors (Lipinski definition) is 6. The molecule has 0 aromatic rings. The number of unbranched alkanes of at least 4 members (excludes halogenated alkanes) is 2. The van der Waals surface area contributed by atoms with E-state index in [0.717, 1.165) is 19.3 Å². The molecule has 0 aliphatic rings. The van der Waals surface area contributed by atoms with Crippen LogP contribution in [0.4, 0.5) is 4.79 Å².